The number of sulfonamides is 1. The van der Waals surface area contributed by atoms with Crippen LogP contribution in [-0.2, 0) is 16.6 Å². The van der Waals surface area contributed by atoms with Crippen molar-refractivity contribution in [1.29, 1.82) is 0 Å². The van der Waals surface area contributed by atoms with Gasteiger partial charge in [-0.3, -0.25) is 0 Å². The van der Waals surface area contributed by atoms with Gasteiger partial charge in [-0.25, -0.2) is 12.7 Å². The number of nitrogens with two attached hydrogens (primary N) is 1. The molecule has 0 aliphatic heterocycles. The van der Waals surface area contributed by atoms with Gasteiger partial charge >= 0.3 is 0 Å². The molecular weight excluding hydrogens is 276 g/mol. The van der Waals surface area contributed by atoms with Crippen molar-refractivity contribution in [1.82, 2.24) is 4.31 Å². The van der Waals surface area contributed by atoms with Crippen molar-refractivity contribution in [3.63, 3.8) is 0 Å². The zero-order valence-corrected chi connectivity index (χ0v) is 13.2. The fourth-order valence-electron chi connectivity index (χ4n) is 1.96. The summed E-state index contributed by atoms with van der Waals surface area (Å²) in [5, 5.41) is 0. The lowest BCUT2D eigenvalue weighted by Gasteiger charge is -2.18. The molecule has 0 aliphatic carbocycles. The van der Waals surface area contributed by atoms with Crippen LogP contribution in [0.4, 0.5) is 0 Å². The summed E-state index contributed by atoms with van der Waals surface area (Å²) in [4.78, 5) is 0.262. The molecule has 20 heavy (non-hydrogen) atoms. The number of hydrogen-bond acceptors (Lipinski definition) is 4. The Balaban J connectivity index is 2.97. The molecule has 0 heterocycles. The third-order valence-electron chi connectivity index (χ3n) is 3.26. The summed E-state index contributed by atoms with van der Waals surface area (Å²) in [7, 11) is -0.305. The van der Waals surface area contributed by atoms with Gasteiger partial charge in [-0.2, -0.15) is 0 Å². The molecule has 0 bridgehead atoms. The fraction of sp³-hybridized carbons (Fsp3) is 0.571. The predicted octanol–water partition coefficient (Wildman–Crippen LogP) is 1.96. The highest BCUT2D eigenvalue weighted by atomic mass is 32.2. The summed E-state index contributed by atoms with van der Waals surface area (Å²) in [6, 6.07) is 4.79. The molecule has 0 saturated heterocycles. The van der Waals surface area contributed by atoms with Crippen molar-refractivity contribution in [3.05, 3.63) is 23.8 Å². The largest absolute Gasteiger partial charge is 0.496 e. The van der Waals surface area contributed by atoms with Crippen LogP contribution >= 0.6 is 0 Å². The number of methoxy groups -OCH3 is 1. The molecule has 0 atom stereocenters. The Morgan fingerprint density at radius 2 is 2.00 bits per heavy atom. The molecule has 114 valence electrons. The van der Waals surface area contributed by atoms with Crippen LogP contribution in [0, 0.1) is 0 Å². The Morgan fingerprint density at radius 3 is 2.55 bits per heavy atom. The van der Waals surface area contributed by atoms with Gasteiger partial charge in [0.25, 0.3) is 0 Å². The highest BCUT2D eigenvalue weighted by Crippen LogP contribution is 2.23. The smallest absolute Gasteiger partial charge is 0.242 e. The molecule has 5 nitrogen and oxygen atoms in total. The number of unbranched alkanes of at least 4 members (excludes halogenated alkanes) is 2. The normalized spacial score (nSPS) is 11.8. The predicted molar refractivity (Wildman–Crippen MR) is 80.2 cm³/mol. The number of nitrogens with zero attached hydrogens (tertiary/aromatic N) is 1. The summed E-state index contributed by atoms with van der Waals surface area (Å²) in [5.74, 6) is 0.611. The molecule has 0 aliphatic rings. The van der Waals surface area contributed by atoms with Crippen LogP contribution in [0.15, 0.2) is 23.1 Å². The van der Waals surface area contributed by atoms with Crippen molar-refractivity contribution >= 4 is 10.0 Å². The molecule has 0 aromatic heterocycles. The monoisotopic (exact) mass is 300 g/mol. The quantitative estimate of drug-likeness (QED) is 0.745. The molecule has 0 radical (unpaired) electrons. The van der Waals surface area contributed by atoms with Crippen LogP contribution in [-0.4, -0.2) is 33.4 Å². The Labute approximate surface area is 121 Å². The molecule has 0 unspecified atom stereocenters. The van der Waals surface area contributed by atoms with Crippen LogP contribution in [0.3, 0.4) is 0 Å². The van der Waals surface area contributed by atoms with E-state index in [0.29, 0.717) is 17.9 Å². The first-order valence-corrected chi connectivity index (χ1v) is 8.24. The van der Waals surface area contributed by atoms with E-state index in [9.17, 15) is 8.42 Å². The molecule has 1 rings (SSSR count). The number of hydrogen-bond donors (Lipinski definition) is 1. The van der Waals surface area contributed by atoms with Crippen LogP contribution in [0.1, 0.15) is 31.7 Å². The minimum Gasteiger partial charge on any atom is -0.496 e. The fourth-order valence-corrected chi connectivity index (χ4v) is 3.22. The first kappa shape index (κ1) is 16.9. The molecule has 0 saturated carbocycles. The summed E-state index contributed by atoms with van der Waals surface area (Å²) < 4.78 is 31.4. The first-order chi connectivity index (χ1) is 9.47. The molecular formula is C14H24N2O3S. The van der Waals surface area contributed by atoms with Gasteiger partial charge in [-0.15, -0.1) is 0 Å². The molecule has 1 aromatic rings. The third-order valence-corrected chi connectivity index (χ3v) is 5.11. The molecule has 0 amide bonds. The van der Waals surface area contributed by atoms with Gasteiger partial charge in [0.2, 0.25) is 10.0 Å². The van der Waals surface area contributed by atoms with E-state index >= 15 is 0 Å². The van der Waals surface area contributed by atoms with Gasteiger partial charge in [0.05, 0.1) is 12.0 Å². The zero-order valence-electron chi connectivity index (χ0n) is 12.4. The van der Waals surface area contributed by atoms with E-state index in [1.165, 1.54) is 4.31 Å². The maximum Gasteiger partial charge on any atom is 0.242 e. The van der Waals surface area contributed by atoms with E-state index in [4.69, 9.17) is 10.5 Å². The topological polar surface area (TPSA) is 72.6 Å². The van der Waals surface area contributed by atoms with Crippen molar-refractivity contribution < 1.29 is 13.2 Å². The summed E-state index contributed by atoms with van der Waals surface area (Å²) >= 11 is 0. The Hall–Kier alpha value is -1.11. The van der Waals surface area contributed by atoms with Crippen LogP contribution in [0.5, 0.6) is 5.75 Å². The van der Waals surface area contributed by atoms with Gasteiger partial charge < -0.3 is 10.5 Å². The molecule has 0 spiro atoms. The van der Waals surface area contributed by atoms with Crippen LogP contribution in [0.25, 0.3) is 0 Å². The second kappa shape index (κ2) is 7.61. The van der Waals surface area contributed by atoms with E-state index in [0.717, 1.165) is 19.3 Å². The molecule has 2 N–H and O–H groups in total. The maximum absolute atomic E-state index is 12.4. The van der Waals surface area contributed by atoms with Gasteiger partial charge in [-0.05, 0) is 24.6 Å². The summed E-state index contributed by atoms with van der Waals surface area (Å²) in [5.41, 5.74) is 6.31. The Kier molecular flexibility index (Phi) is 6.45. The molecule has 6 heteroatoms. The number of rotatable bonds is 8. The SMILES string of the molecule is CCCCCN(C)S(=O)(=O)c1ccc(OC)c(CN)c1. The van der Waals surface area contributed by atoms with Gasteiger partial charge in [0, 0.05) is 25.7 Å². The third kappa shape index (κ3) is 3.94. The lowest BCUT2D eigenvalue weighted by atomic mass is 10.2. The minimum absolute atomic E-state index is 0.242. The van der Waals surface area contributed by atoms with Crippen molar-refractivity contribution in [3.8, 4) is 5.75 Å². The zero-order chi connectivity index (χ0) is 15.2. The highest BCUT2D eigenvalue weighted by Gasteiger charge is 2.21. The van der Waals surface area contributed by atoms with Crippen LogP contribution < -0.4 is 10.5 Å². The van der Waals surface area contributed by atoms with Gasteiger partial charge in [0.1, 0.15) is 5.75 Å². The standard InChI is InChI=1S/C14H24N2O3S/c1-4-5-6-9-16(2)20(17,18)13-7-8-14(19-3)12(10-13)11-15/h7-8,10H,4-6,9,11,15H2,1-3H3. The lowest BCUT2D eigenvalue weighted by molar-refractivity contribution is 0.409. The van der Waals surface area contributed by atoms with Crippen molar-refractivity contribution in [2.45, 2.75) is 37.6 Å². The van der Waals surface area contributed by atoms with E-state index in [2.05, 4.69) is 6.92 Å². The highest BCUT2D eigenvalue weighted by molar-refractivity contribution is 7.89. The van der Waals surface area contributed by atoms with Gasteiger partial charge in [0.15, 0.2) is 0 Å². The maximum atomic E-state index is 12.4. The second-order valence-corrected chi connectivity index (χ2v) is 6.76. The summed E-state index contributed by atoms with van der Waals surface area (Å²) in [6.45, 7) is 2.86. The van der Waals surface area contributed by atoms with Crippen molar-refractivity contribution in [2.24, 2.45) is 5.73 Å². The van der Waals surface area contributed by atoms with E-state index in [1.807, 2.05) is 0 Å². The van der Waals surface area contributed by atoms with Gasteiger partial charge in [-0.1, -0.05) is 19.8 Å². The van der Waals surface area contributed by atoms with Crippen LogP contribution in [0.2, 0.25) is 0 Å². The average Bonchev–Trinajstić information content (AvgIpc) is 2.46. The van der Waals surface area contributed by atoms with E-state index < -0.39 is 10.0 Å². The van der Waals surface area contributed by atoms with E-state index in [-0.39, 0.29) is 11.4 Å². The molecule has 1 aromatic carbocycles. The number of benzene rings is 1. The summed E-state index contributed by atoms with van der Waals surface area (Å²) in [6.07, 6.45) is 2.95. The Bertz CT molecular complexity index is 529. The minimum atomic E-state index is -3.45. The average molecular weight is 300 g/mol. The number of ether oxygens (including phenoxy) is 1. The van der Waals surface area contributed by atoms with E-state index in [1.54, 1.807) is 32.4 Å². The van der Waals surface area contributed by atoms with Crippen molar-refractivity contribution in [2.75, 3.05) is 20.7 Å². The first-order valence-electron chi connectivity index (χ1n) is 6.80. The lowest BCUT2D eigenvalue weighted by Crippen LogP contribution is -2.28. The second-order valence-electron chi connectivity index (χ2n) is 4.71. The molecule has 0 fully saturated rings. The Morgan fingerprint density at radius 1 is 1.30 bits per heavy atom.